The van der Waals surface area contributed by atoms with Crippen LogP contribution >= 0.6 is 23.2 Å². The molecule has 0 saturated heterocycles. The van der Waals surface area contributed by atoms with Gasteiger partial charge in [-0.1, -0.05) is 23.2 Å². The normalized spacial score (nSPS) is 24.7. The van der Waals surface area contributed by atoms with Crippen molar-refractivity contribution in [3.8, 4) is 11.1 Å². The van der Waals surface area contributed by atoms with Crippen molar-refractivity contribution in [2.45, 2.75) is 25.9 Å². The number of hydrogen-bond donors (Lipinski definition) is 3. The van der Waals surface area contributed by atoms with E-state index in [1.54, 1.807) is 24.7 Å². The molecule has 2 aromatic heterocycles. The summed E-state index contributed by atoms with van der Waals surface area (Å²) >= 11 is 13.3. The summed E-state index contributed by atoms with van der Waals surface area (Å²) in [5.74, 6) is 0.850. The third-order valence-corrected chi connectivity index (χ3v) is 7.17. The van der Waals surface area contributed by atoms with Gasteiger partial charge in [-0.05, 0) is 49.3 Å². The zero-order valence-corrected chi connectivity index (χ0v) is 17.7. The predicted molar refractivity (Wildman–Crippen MR) is 118 cm³/mol. The van der Waals surface area contributed by atoms with Crippen LogP contribution in [0.4, 0.5) is 11.5 Å². The van der Waals surface area contributed by atoms with E-state index in [-0.39, 0.29) is 29.8 Å². The van der Waals surface area contributed by atoms with E-state index in [1.165, 1.54) is 0 Å². The second kappa shape index (κ2) is 7.08. The molecule has 3 aromatic rings. The van der Waals surface area contributed by atoms with Gasteiger partial charge in [-0.25, -0.2) is 4.98 Å². The summed E-state index contributed by atoms with van der Waals surface area (Å²) in [6.45, 7) is 1.95. The van der Waals surface area contributed by atoms with Gasteiger partial charge < -0.3 is 16.2 Å². The number of aromatic nitrogens is 2. The second-order valence-corrected chi connectivity index (χ2v) is 8.95. The standard InChI is InChI=1S/C22H20Cl2N4O2/c1-9-2-3-26-7-14(9)18-19(23)13-6-16(27-8-15(13)21(25)20(18)24)28-22(30)17-11-4-10(29)5-12(11)17/h2-3,6-8,10-12,17,29H,4-5,25H2,1H3,(H,27,28,30)/t10?,11-,12+,17?. The van der Waals surface area contributed by atoms with E-state index in [4.69, 9.17) is 28.9 Å². The number of amides is 1. The third kappa shape index (κ3) is 3.02. The first-order valence-electron chi connectivity index (χ1n) is 9.83. The van der Waals surface area contributed by atoms with Gasteiger partial charge in [0.15, 0.2) is 0 Å². The van der Waals surface area contributed by atoms with Crippen LogP contribution in [0.5, 0.6) is 0 Å². The first kappa shape index (κ1) is 19.5. The lowest BCUT2D eigenvalue weighted by molar-refractivity contribution is -0.118. The number of pyridine rings is 2. The summed E-state index contributed by atoms with van der Waals surface area (Å²) < 4.78 is 0. The summed E-state index contributed by atoms with van der Waals surface area (Å²) in [6.07, 6.45) is 6.11. The number of benzene rings is 1. The number of carbonyl (C=O) groups excluding carboxylic acids is 1. The SMILES string of the molecule is Cc1ccncc1-c1c(Cl)c(N)c2cnc(NC(=O)C3[C@H]4CC(O)C[C@@H]34)cc2c1Cl. The average Bonchev–Trinajstić information content (AvgIpc) is 3.24. The topological polar surface area (TPSA) is 101 Å². The van der Waals surface area contributed by atoms with E-state index in [0.717, 1.165) is 11.1 Å². The molecule has 2 heterocycles. The molecule has 0 spiro atoms. The number of fused-ring (bicyclic) bond motifs is 2. The Hall–Kier alpha value is -2.41. The van der Waals surface area contributed by atoms with Crippen molar-refractivity contribution in [3.63, 3.8) is 0 Å². The minimum absolute atomic E-state index is 0.0507. The van der Waals surface area contributed by atoms with Gasteiger partial charge in [0, 0.05) is 46.4 Å². The molecule has 2 unspecified atom stereocenters. The number of nitrogens with one attached hydrogen (secondary N) is 1. The molecule has 5 rings (SSSR count). The molecule has 2 aliphatic rings. The lowest BCUT2D eigenvalue weighted by Crippen LogP contribution is -2.19. The Morgan fingerprint density at radius 3 is 2.63 bits per heavy atom. The number of nitrogens with two attached hydrogens (primary N) is 1. The van der Waals surface area contributed by atoms with Crippen LogP contribution in [0.25, 0.3) is 21.9 Å². The van der Waals surface area contributed by atoms with E-state index >= 15 is 0 Å². The van der Waals surface area contributed by atoms with Gasteiger partial charge in [0.1, 0.15) is 5.82 Å². The van der Waals surface area contributed by atoms with Crippen LogP contribution < -0.4 is 11.1 Å². The van der Waals surface area contributed by atoms with Gasteiger partial charge in [0.2, 0.25) is 5.91 Å². The van der Waals surface area contributed by atoms with Crippen molar-refractivity contribution in [1.29, 1.82) is 0 Å². The van der Waals surface area contributed by atoms with Crippen LogP contribution in [-0.2, 0) is 4.79 Å². The van der Waals surface area contributed by atoms with Crippen molar-refractivity contribution in [3.05, 3.63) is 46.3 Å². The lowest BCUT2D eigenvalue weighted by atomic mass is 9.98. The third-order valence-electron chi connectivity index (χ3n) is 6.39. The Bertz CT molecular complexity index is 1190. The summed E-state index contributed by atoms with van der Waals surface area (Å²) in [6, 6.07) is 3.61. The summed E-state index contributed by atoms with van der Waals surface area (Å²) in [7, 11) is 0. The van der Waals surface area contributed by atoms with Crippen LogP contribution in [0.3, 0.4) is 0 Å². The number of carbonyl (C=O) groups is 1. The molecule has 4 atom stereocenters. The quantitative estimate of drug-likeness (QED) is 0.520. The molecule has 1 amide bonds. The number of aryl methyl sites for hydroxylation is 1. The molecule has 30 heavy (non-hydrogen) atoms. The van der Waals surface area contributed by atoms with Crippen LogP contribution in [0.15, 0.2) is 30.7 Å². The number of nitrogens with zero attached hydrogens (tertiary/aromatic N) is 2. The Morgan fingerprint density at radius 1 is 1.20 bits per heavy atom. The molecular formula is C22H20Cl2N4O2. The van der Waals surface area contributed by atoms with E-state index in [0.29, 0.717) is 50.7 Å². The van der Waals surface area contributed by atoms with Crippen LogP contribution in [0.2, 0.25) is 10.0 Å². The highest BCUT2D eigenvalue weighted by Gasteiger charge is 2.59. The molecule has 0 bridgehead atoms. The summed E-state index contributed by atoms with van der Waals surface area (Å²) in [4.78, 5) is 21.2. The van der Waals surface area contributed by atoms with Crippen molar-refractivity contribution in [1.82, 2.24) is 9.97 Å². The number of aliphatic hydroxyl groups excluding tert-OH is 1. The Balaban J connectivity index is 1.53. The van der Waals surface area contributed by atoms with E-state index < -0.39 is 0 Å². The smallest absolute Gasteiger partial charge is 0.229 e. The molecule has 154 valence electrons. The number of anilines is 2. The number of hydrogen-bond acceptors (Lipinski definition) is 5. The molecule has 2 saturated carbocycles. The zero-order chi connectivity index (χ0) is 21.2. The van der Waals surface area contributed by atoms with Gasteiger partial charge in [-0.15, -0.1) is 0 Å². The van der Waals surface area contributed by atoms with Crippen molar-refractivity contribution in [2.75, 3.05) is 11.1 Å². The maximum Gasteiger partial charge on any atom is 0.229 e. The minimum Gasteiger partial charge on any atom is -0.397 e. The Morgan fingerprint density at radius 2 is 1.93 bits per heavy atom. The van der Waals surface area contributed by atoms with Crippen molar-refractivity contribution < 1.29 is 9.90 Å². The summed E-state index contributed by atoms with van der Waals surface area (Å²) in [5, 5.41) is 14.6. The molecule has 2 aliphatic carbocycles. The molecule has 6 nitrogen and oxygen atoms in total. The zero-order valence-electron chi connectivity index (χ0n) is 16.2. The fraction of sp³-hybridized carbons (Fsp3) is 0.318. The molecule has 8 heteroatoms. The Labute approximate surface area is 183 Å². The fourth-order valence-electron chi connectivity index (χ4n) is 4.78. The van der Waals surface area contributed by atoms with Gasteiger partial charge in [-0.2, -0.15) is 0 Å². The van der Waals surface area contributed by atoms with Crippen LogP contribution in [0, 0.1) is 24.7 Å². The van der Waals surface area contributed by atoms with Crippen LogP contribution in [0.1, 0.15) is 18.4 Å². The first-order chi connectivity index (χ1) is 14.4. The maximum absolute atomic E-state index is 12.7. The van der Waals surface area contributed by atoms with Crippen molar-refractivity contribution >= 4 is 51.4 Å². The van der Waals surface area contributed by atoms with Gasteiger partial charge in [-0.3, -0.25) is 9.78 Å². The van der Waals surface area contributed by atoms with E-state index in [1.807, 2.05) is 13.0 Å². The number of nitrogen functional groups attached to an aromatic ring is 1. The number of aliphatic hydroxyl groups is 1. The largest absolute Gasteiger partial charge is 0.397 e. The lowest BCUT2D eigenvalue weighted by Gasteiger charge is -2.16. The van der Waals surface area contributed by atoms with Gasteiger partial charge >= 0.3 is 0 Å². The Kier molecular flexibility index (Phi) is 4.61. The first-order valence-corrected chi connectivity index (χ1v) is 10.6. The molecule has 2 fully saturated rings. The fourth-order valence-corrected chi connectivity index (χ4v) is 5.48. The molecule has 0 aliphatic heterocycles. The highest BCUT2D eigenvalue weighted by atomic mass is 35.5. The second-order valence-electron chi connectivity index (χ2n) is 8.19. The molecule has 1 aromatic carbocycles. The average molecular weight is 443 g/mol. The van der Waals surface area contributed by atoms with Crippen LogP contribution in [-0.4, -0.2) is 27.1 Å². The van der Waals surface area contributed by atoms with E-state index in [2.05, 4.69) is 15.3 Å². The maximum atomic E-state index is 12.7. The molecule has 4 N–H and O–H groups in total. The van der Waals surface area contributed by atoms with Gasteiger partial charge in [0.05, 0.1) is 21.8 Å². The highest BCUT2D eigenvalue weighted by molar-refractivity contribution is 6.45. The number of halogens is 2. The summed E-state index contributed by atoms with van der Waals surface area (Å²) in [5.41, 5.74) is 9.06. The number of rotatable bonds is 3. The highest BCUT2D eigenvalue weighted by Crippen LogP contribution is 2.57. The molecular weight excluding hydrogens is 423 g/mol. The minimum atomic E-state index is -0.274. The predicted octanol–water partition coefficient (Wildman–Crippen LogP) is 4.45. The van der Waals surface area contributed by atoms with E-state index in [9.17, 15) is 9.90 Å². The van der Waals surface area contributed by atoms with Crippen molar-refractivity contribution in [2.24, 2.45) is 17.8 Å². The molecule has 0 radical (unpaired) electrons. The monoisotopic (exact) mass is 442 g/mol. The van der Waals surface area contributed by atoms with Gasteiger partial charge in [0.25, 0.3) is 0 Å².